The summed E-state index contributed by atoms with van der Waals surface area (Å²) in [6, 6.07) is 24.8. The summed E-state index contributed by atoms with van der Waals surface area (Å²) in [5.41, 5.74) is 1.64. The molecule has 1 aliphatic rings. The molecule has 10 heteroatoms. The van der Waals surface area contributed by atoms with Gasteiger partial charge in [0.1, 0.15) is 5.75 Å². The van der Waals surface area contributed by atoms with Crippen LogP contribution in [-0.2, 0) is 24.3 Å². The normalized spacial score (nSPS) is 17.3. The Hall–Kier alpha value is -3.70. The minimum atomic E-state index is -3.88. The monoisotopic (exact) mass is 552 g/mol. The molecule has 1 amide bonds. The highest BCUT2D eigenvalue weighted by Crippen LogP contribution is 2.32. The van der Waals surface area contributed by atoms with E-state index in [1.54, 1.807) is 30.3 Å². The number of aliphatic hydroxyl groups excluding tert-OH is 1. The fourth-order valence-electron chi connectivity index (χ4n) is 4.21. The summed E-state index contributed by atoms with van der Waals surface area (Å²) >= 11 is 0. The molecule has 39 heavy (non-hydrogen) atoms. The van der Waals surface area contributed by atoms with E-state index in [0.717, 1.165) is 9.87 Å². The van der Waals surface area contributed by atoms with Gasteiger partial charge in [-0.05, 0) is 48.0 Å². The number of carbonyl (C=O) groups is 1. The Morgan fingerprint density at radius 1 is 1.00 bits per heavy atom. The highest BCUT2D eigenvalue weighted by atomic mass is 32.2. The first-order valence-electron chi connectivity index (χ1n) is 12.6. The van der Waals surface area contributed by atoms with Crippen molar-refractivity contribution in [3.8, 4) is 5.75 Å². The highest BCUT2D eigenvalue weighted by Gasteiger charge is 2.30. The minimum Gasteiger partial charge on any atom is -0.497 e. The third kappa shape index (κ3) is 7.45. The van der Waals surface area contributed by atoms with Gasteiger partial charge in [-0.15, -0.1) is 0 Å². The average Bonchev–Trinajstić information content (AvgIpc) is 2.97. The molecule has 2 N–H and O–H groups in total. The summed E-state index contributed by atoms with van der Waals surface area (Å²) in [5, 5.41) is 12.3. The second kappa shape index (κ2) is 13.4. The molecule has 4 rings (SSSR count). The molecule has 2 atom stereocenters. The van der Waals surface area contributed by atoms with E-state index >= 15 is 0 Å². The molecule has 9 nitrogen and oxygen atoms in total. The SMILES string of the molecule is COc1ccc(S(=O)(=O)N(CCO)CCO[C@@H]2C[C@H](c3ccccc3)C=C(C(=O)Nc3ccccc3)O2)cc1. The number of anilines is 1. The van der Waals surface area contributed by atoms with Gasteiger partial charge >= 0.3 is 0 Å². The number of ether oxygens (including phenoxy) is 3. The van der Waals surface area contributed by atoms with E-state index in [0.29, 0.717) is 17.9 Å². The van der Waals surface area contributed by atoms with Gasteiger partial charge in [0.2, 0.25) is 16.3 Å². The Bertz CT molecular complexity index is 1350. The van der Waals surface area contributed by atoms with Gasteiger partial charge in [0.05, 0.1) is 25.2 Å². The van der Waals surface area contributed by atoms with Crippen LogP contribution in [0.2, 0.25) is 0 Å². The molecule has 3 aromatic rings. The lowest BCUT2D eigenvalue weighted by Crippen LogP contribution is -2.37. The number of aliphatic hydroxyl groups is 1. The molecule has 3 aromatic carbocycles. The maximum absolute atomic E-state index is 13.2. The van der Waals surface area contributed by atoms with Gasteiger partial charge in [-0.25, -0.2) is 8.42 Å². The average molecular weight is 553 g/mol. The van der Waals surface area contributed by atoms with Crippen LogP contribution in [0.15, 0.2) is 102 Å². The fourth-order valence-corrected chi connectivity index (χ4v) is 5.63. The van der Waals surface area contributed by atoms with Crippen molar-refractivity contribution in [2.24, 2.45) is 0 Å². The Morgan fingerprint density at radius 3 is 2.31 bits per heavy atom. The Labute approximate surface area is 228 Å². The molecule has 1 heterocycles. The molecule has 1 aliphatic heterocycles. The number of sulfonamides is 1. The summed E-state index contributed by atoms with van der Waals surface area (Å²) in [7, 11) is -2.38. The number of para-hydroxylation sites is 1. The maximum atomic E-state index is 13.2. The lowest BCUT2D eigenvalue weighted by atomic mass is 9.93. The smallest absolute Gasteiger partial charge is 0.290 e. The molecule has 0 aliphatic carbocycles. The van der Waals surface area contributed by atoms with Crippen molar-refractivity contribution in [3.05, 3.63) is 102 Å². The fraction of sp³-hybridized carbons (Fsp3) is 0.276. The Balaban J connectivity index is 1.45. The summed E-state index contributed by atoms with van der Waals surface area (Å²) in [6.45, 7) is -0.465. The van der Waals surface area contributed by atoms with Crippen LogP contribution in [0.5, 0.6) is 5.75 Å². The molecular weight excluding hydrogens is 520 g/mol. The third-order valence-corrected chi connectivity index (χ3v) is 8.14. The van der Waals surface area contributed by atoms with Gasteiger partial charge < -0.3 is 24.6 Å². The predicted octanol–water partition coefficient (Wildman–Crippen LogP) is 3.75. The standard InChI is InChI=1S/C29H32N2O7S/c1-36-25-12-14-26(15-13-25)39(34,35)31(16-18-32)17-19-37-28-21-23(22-8-4-2-5-9-22)20-27(38-28)29(33)30-24-10-6-3-7-11-24/h2-15,20,23,28,32H,16-19,21H2,1H3,(H,30,33)/t23-,28+/m1/s1. The van der Waals surface area contributed by atoms with Gasteiger partial charge in [-0.1, -0.05) is 48.5 Å². The number of methoxy groups -OCH3 is 1. The van der Waals surface area contributed by atoms with Crippen molar-refractivity contribution in [2.75, 3.05) is 38.7 Å². The molecule has 0 saturated carbocycles. The number of hydrogen-bond acceptors (Lipinski definition) is 7. The van der Waals surface area contributed by atoms with Gasteiger partial charge in [0.25, 0.3) is 5.91 Å². The molecule has 0 spiro atoms. The zero-order valence-electron chi connectivity index (χ0n) is 21.6. The van der Waals surface area contributed by atoms with Crippen molar-refractivity contribution >= 4 is 21.6 Å². The van der Waals surface area contributed by atoms with E-state index in [1.807, 2.05) is 48.5 Å². The van der Waals surface area contributed by atoms with E-state index in [4.69, 9.17) is 14.2 Å². The van der Waals surface area contributed by atoms with Crippen LogP contribution in [0, 0.1) is 0 Å². The van der Waals surface area contributed by atoms with E-state index < -0.39 is 22.2 Å². The first-order chi connectivity index (χ1) is 18.9. The topological polar surface area (TPSA) is 114 Å². The number of hydrogen-bond donors (Lipinski definition) is 2. The Kier molecular flexibility index (Phi) is 9.72. The van der Waals surface area contributed by atoms with Crippen LogP contribution in [0.3, 0.4) is 0 Å². The van der Waals surface area contributed by atoms with Crippen molar-refractivity contribution in [3.63, 3.8) is 0 Å². The molecule has 0 saturated heterocycles. The summed E-state index contributed by atoms with van der Waals surface area (Å²) < 4.78 is 44.5. The molecule has 206 valence electrons. The number of rotatable bonds is 12. The molecule has 0 aromatic heterocycles. The summed E-state index contributed by atoms with van der Waals surface area (Å²) in [6.07, 6.45) is 1.44. The van der Waals surface area contributed by atoms with Crippen LogP contribution >= 0.6 is 0 Å². The van der Waals surface area contributed by atoms with Crippen molar-refractivity contribution in [1.29, 1.82) is 0 Å². The molecule has 0 unspecified atom stereocenters. The van der Waals surface area contributed by atoms with E-state index in [9.17, 15) is 18.3 Å². The zero-order chi connectivity index (χ0) is 27.7. The summed E-state index contributed by atoms with van der Waals surface area (Å²) in [5.74, 6) is 0.119. The number of carbonyl (C=O) groups excluding carboxylic acids is 1. The van der Waals surface area contributed by atoms with Crippen LogP contribution in [-0.4, -0.2) is 63.4 Å². The first-order valence-corrected chi connectivity index (χ1v) is 14.0. The number of amides is 1. The first kappa shape index (κ1) is 28.3. The van der Waals surface area contributed by atoms with Crippen LogP contribution in [0.25, 0.3) is 0 Å². The zero-order valence-corrected chi connectivity index (χ0v) is 22.4. The van der Waals surface area contributed by atoms with Crippen LogP contribution < -0.4 is 10.1 Å². The van der Waals surface area contributed by atoms with Crippen molar-refractivity contribution in [2.45, 2.75) is 23.5 Å². The van der Waals surface area contributed by atoms with E-state index in [1.165, 1.54) is 19.2 Å². The van der Waals surface area contributed by atoms with Gasteiger partial charge in [-0.2, -0.15) is 4.31 Å². The highest BCUT2D eigenvalue weighted by molar-refractivity contribution is 7.89. The molecular formula is C29H32N2O7S. The van der Waals surface area contributed by atoms with Gasteiger partial charge in [0.15, 0.2) is 5.76 Å². The molecule has 0 radical (unpaired) electrons. The van der Waals surface area contributed by atoms with Gasteiger partial charge in [-0.3, -0.25) is 4.79 Å². The second-order valence-corrected chi connectivity index (χ2v) is 10.8. The van der Waals surface area contributed by atoms with E-state index in [-0.39, 0.29) is 42.9 Å². The van der Waals surface area contributed by atoms with E-state index in [2.05, 4.69) is 5.32 Å². The number of allylic oxidation sites excluding steroid dienone is 1. The molecule has 0 bridgehead atoms. The summed E-state index contributed by atoms with van der Waals surface area (Å²) in [4.78, 5) is 13.1. The minimum absolute atomic E-state index is 0.00482. The number of benzene rings is 3. The quantitative estimate of drug-likeness (QED) is 0.352. The molecule has 0 fully saturated rings. The lowest BCUT2D eigenvalue weighted by Gasteiger charge is -2.30. The van der Waals surface area contributed by atoms with Crippen molar-refractivity contribution in [1.82, 2.24) is 4.31 Å². The lowest BCUT2D eigenvalue weighted by molar-refractivity contribution is -0.143. The number of nitrogens with zero attached hydrogens (tertiary/aromatic N) is 1. The second-order valence-electron chi connectivity index (χ2n) is 8.83. The predicted molar refractivity (Wildman–Crippen MR) is 147 cm³/mol. The maximum Gasteiger partial charge on any atom is 0.290 e. The Morgan fingerprint density at radius 2 is 1.67 bits per heavy atom. The third-order valence-electron chi connectivity index (χ3n) is 6.23. The van der Waals surface area contributed by atoms with Crippen LogP contribution in [0.1, 0.15) is 17.9 Å². The van der Waals surface area contributed by atoms with Crippen molar-refractivity contribution < 1.29 is 32.5 Å². The van der Waals surface area contributed by atoms with Gasteiger partial charge in [0, 0.05) is 31.1 Å². The van der Waals surface area contributed by atoms with Crippen LogP contribution in [0.4, 0.5) is 5.69 Å². The largest absolute Gasteiger partial charge is 0.497 e. The number of nitrogens with one attached hydrogen (secondary N) is 1.